The number of benzene rings is 4. The third-order valence-electron chi connectivity index (χ3n) is 7.33. The summed E-state index contributed by atoms with van der Waals surface area (Å²) in [5, 5.41) is 18.3. The Bertz CT molecular complexity index is 1360. The molecule has 0 heterocycles. The number of ether oxygens (including phenoxy) is 1. The fourth-order valence-corrected chi connectivity index (χ4v) is 5.35. The number of hydrogen-bond acceptors (Lipinski definition) is 5. The SMILES string of the molecule is CC(Cc1ccc(CC(C)NCC(O)c2cc(Cl)c(N)c(Cl)c2)cc1)NCCc1ccc(OCc2ccccc2)cc1. The maximum absolute atomic E-state index is 10.6. The molecule has 3 atom stereocenters. The third-order valence-corrected chi connectivity index (χ3v) is 7.96. The van der Waals surface area contributed by atoms with Crippen LogP contribution in [0, 0.1) is 0 Å². The lowest BCUT2D eigenvalue weighted by Crippen LogP contribution is -2.32. The lowest BCUT2D eigenvalue weighted by molar-refractivity contribution is 0.170. The van der Waals surface area contributed by atoms with E-state index in [1.807, 2.05) is 30.3 Å². The fourth-order valence-electron chi connectivity index (χ4n) is 4.85. The van der Waals surface area contributed by atoms with Gasteiger partial charge >= 0.3 is 0 Å². The summed E-state index contributed by atoms with van der Waals surface area (Å²) < 4.78 is 5.89. The van der Waals surface area contributed by atoms with Gasteiger partial charge in [-0.25, -0.2) is 0 Å². The Morgan fingerprint density at radius 1 is 0.738 bits per heavy atom. The molecule has 0 saturated heterocycles. The molecule has 0 aliphatic rings. The van der Waals surface area contributed by atoms with Crippen LogP contribution in [0.5, 0.6) is 5.75 Å². The first-order valence-corrected chi connectivity index (χ1v) is 15.2. The number of aliphatic hydroxyl groups is 1. The molecule has 0 aliphatic heterocycles. The molecule has 0 aromatic heterocycles. The van der Waals surface area contributed by atoms with Gasteiger partial charge in [-0.2, -0.15) is 0 Å². The topological polar surface area (TPSA) is 79.5 Å². The second kappa shape index (κ2) is 16.0. The van der Waals surface area contributed by atoms with Gasteiger partial charge in [-0.15, -0.1) is 0 Å². The van der Waals surface area contributed by atoms with Crippen LogP contribution in [0.3, 0.4) is 0 Å². The molecule has 0 spiro atoms. The van der Waals surface area contributed by atoms with Gasteiger partial charge in [0.2, 0.25) is 0 Å². The Morgan fingerprint density at radius 3 is 1.88 bits per heavy atom. The quantitative estimate of drug-likeness (QED) is 0.108. The van der Waals surface area contributed by atoms with Gasteiger partial charge in [0, 0.05) is 18.6 Å². The lowest BCUT2D eigenvalue weighted by Gasteiger charge is -2.19. The molecule has 7 heteroatoms. The van der Waals surface area contributed by atoms with Crippen molar-refractivity contribution in [3.63, 3.8) is 0 Å². The second-order valence-corrected chi connectivity index (χ2v) is 11.8. The summed E-state index contributed by atoms with van der Waals surface area (Å²) in [5.41, 5.74) is 11.8. The highest BCUT2D eigenvalue weighted by Gasteiger charge is 2.14. The van der Waals surface area contributed by atoms with E-state index in [1.54, 1.807) is 12.1 Å². The number of rotatable bonds is 15. The number of nitrogens with two attached hydrogens (primary N) is 1. The molecule has 0 bridgehead atoms. The summed E-state index contributed by atoms with van der Waals surface area (Å²) in [6.07, 6.45) is 2.08. The fraction of sp³-hybridized carbons (Fsp3) is 0.314. The molecule has 0 radical (unpaired) electrons. The van der Waals surface area contributed by atoms with Crippen LogP contribution in [0.4, 0.5) is 5.69 Å². The van der Waals surface area contributed by atoms with Crippen molar-refractivity contribution in [3.8, 4) is 5.75 Å². The van der Waals surface area contributed by atoms with E-state index in [2.05, 4.69) is 73.0 Å². The van der Waals surface area contributed by atoms with Crippen LogP contribution in [0.1, 0.15) is 47.8 Å². The van der Waals surface area contributed by atoms with Gasteiger partial charge < -0.3 is 26.2 Å². The van der Waals surface area contributed by atoms with Crippen LogP contribution in [0.15, 0.2) is 91.0 Å². The van der Waals surface area contributed by atoms with Gasteiger partial charge in [-0.05, 0) is 91.7 Å². The molecule has 4 rings (SSSR count). The van der Waals surface area contributed by atoms with Gasteiger partial charge in [0.05, 0.1) is 21.8 Å². The minimum atomic E-state index is -0.724. The Kier molecular flexibility index (Phi) is 12.1. The van der Waals surface area contributed by atoms with Crippen molar-refractivity contribution in [1.82, 2.24) is 10.6 Å². The van der Waals surface area contributed by atoms with Crippen molar-refractivity contribution in [2.24, 2.45) is 0 Å². The van der Waals surface area contributed by atoms with Crippen LogP contribution in [0.25, 0.3) is 0 Å². The van der Waals surface area contributed by atoms with Crippen LogP contribution in [0.2, 0.25) is 10.0 Å². The first-order chi connectivity index (χ1) is 20.3. The van der Waals surface area contributed by atoms with E-state index in [9.17, 15) is 5.11 Å². The highest BCUT2D eigenvalue weighted by Crippen LogP contribution is 2.31. The van der Waals surface area contributed by atoms with E-state index in [-0.39, 0.29) is 6.04 Å². The smallest absolute Gasteiger partial charge is 0.119 e. The zero-order chi connectivity index (χ0) is 29.9. The lowest BCUT2D eigenvalue weighted by atomic mass is 10.0. The van der Waals surface area contributed by atoms with E-state index in [0.717, 1.165) is 31.6 Å². The molecule has 0 amide bonds. The summed E-state index contributed by atoms with van der Waals surface area (Å²) >= 11 is 12.2. The summed E-state index contributed by atoms with van der Waals surface area (Å²) in [4.78, 5) is 0. The normalized spacial score (nSPS) is 13.5. The molecule has 0 saturated carbocycles. The largest absolute Gasteiger partial charge is 0.489 e. The zero-order valence-electron chi connectivity index (χ0n) is 24.3. The Balaban J connectivity index is 1.13. The van der Waals surface area contributed by atoms with E-state index < -0.39 is 6.10 Å². The maximum Gasteiger partial charge on any atom is 0.119 e. The maximum atomic E-state index is 10.6. The van der Waals surface area contributed by atoms with Gasteiger partial charge in [0.25, 0.3) is 0 Å². The predicted octanol–water partition coefficient (Wildman–Crippen LogP) is 7.17. The number of halogens is 2. The Labute approximate surface area is 260 Å². The monoisotopic (exact) mass is 605 g/mol. The number of nitrogen functional groups attached to an aromatic ring is 1. The molecule has 5 N–H and O–H groups in total. The third kappa shape index (κ3) is 10.0. The molecular formula is C35H41Cl2N3O2. The molecule has 222 valence electrons. The predicted molar refractivity (Wildman–Crippen MR) is 176 cm³/mol. The molecule has 0 aliphatic carbocycles. The number of anilines is 1. The molecule has 0 fully saturated rings. The number of hydrogen-bond donors (Lipinski definition) is 4. The van der Waals surface area contributed by atoms with Crippen molar-refractivity contribution < 1.29 is 9.84 Å². The molecule has 3 unspecified atom stereocenters. The molecule has 4 aromatic rings. The van der Waals surface area contributed by atoms with E-state index in [0.29, 0.717) is 40.5 Å². The average molecular weight is 607 g/mol. The van der Waals surface area contributed by atoms with Gasteiger partial charge in [-0.3, -0.25) is 0 Å². The first kappa shape index (κ1) is 31.9. The average Bonchev–Trinajstić information content (AvgIpc) is 2.99. The summed E-state index contributed by atoms with van der Waals surface area (Å²) in [6.45, 7) is 6.24. The van der Waals surface area contributed by atoms with Crippen molar-refractivity contribution in [2.45, 2.75) is 57.9 Å². The van der Waals surface area contributed by atoms with Gasteiger partial charge in [0.15, 0.2) is 0 Å². The second-order valence-electron chi connectivity index (χ2n) is 11.0. The summed E-state index contributed by atoms with van der Waals surface area (Å²) in [6, 6.07) is 31.3. The van der Waals surface area contributed by atoms with Crippen LogP contribution in [-0.2, 0) is 25.9 Å². The minimum Gasteiger partial charge on any atom is -0.489 e. The van der Waals surface area contributed by atoms with Gasteiger partial charge in [-0.1, -0.05) is 89.9 Å². The molecular weight excluding hydrogens is 565 g/mol. The van der Waals surface area contributed by atoms with E-state index in [1.165, 1.54) is 22.3 Å². The highest BCUT2D eigenvalue weighted by atomic mass is 35.5. The minimum absolute atomic E-state index is 0.190. The molecule has 5 nitrogen and oxygen atoms in total. The zero-order valence-corrected chi connectivity index (χ0v) is 25.8. The highest BCUT2D eigenvalue weighted by molar-refractivity contribution is 6.38. The van der Waals surface area contributed by atoms with Crippen LogP contribution < -0.4 is 21.1 Å². The van der Waals surface area contributed by atoms with Crippen molar-refractivity contribution in [2.75, 3.05) is 18.8 Å². The summed E-state index contributed by atoms with van der Waals surface area (Å²) in [7, 11) is 0. The Hall–Kier alpha value is -3.06. The van der Waals surface area contributed by atoms with E-state index in [4.69, 9.17) is 33.7 Å². The number of nitrogens with one attached hydrogen (secondary N) is 2. The molecule has 42 heavy (non-hydrogen) atoms. The van der Waals surface area contributed by atoms with Crippen molar-refractivity contribution in [3.05, 3.63) is 129 Å². The molecule has 4 aromatic carbocycles. The van der Waals surface area contributed by atoms with Crippen molar-refractivity contribution >= 4 is 28.9 Å². The van der Waals surface area contributed by atoms with E-state index >= 15 is 0 Å². The van der Waals surface area contributed by atoms with Crippen molar-refractivity contribution in [1.29, 1.82) is 0 Å². The van der Waals surface area contributed by atoms with Crippen LogP contribution >= 0.6 is 23.2 Å². The van der Waals surface area contributed by atoms with Gasteiger partial charge in [0.1, 0.15) is 12.4 Å². The Morgan fingerprint density at radius 2 is 1.29 bits per heavy atom. The standard InChI is InChI=1S/C35H41Cl2N3O2/c1-24(39-17-16-26-12-14-31(15-13-26)42-23-29-6-4-3-5-7-29)18-27-8-10-28(11-9-27)19-25(2)40-22-34(41)30-20-32(36)35(38)33(37)21-30/h3-15,20-21,24-25,34,39-41H,16-19,22-23,38H2,1-2H3. The summed E-state index contributed by atoms with van der Waals surface area (Å²) in [5.74, 6) is 0.893. The number of aliphatic hydroxyl groups excluding tert-OH is 1. The first-order valence-electron chi connectivity index (χ1n) is 14.5. The van der Waals surface area contributed by atoms with Crippen LogP contribution in [-0.4, -0.2) is 30.3 Å².